The molecule has 0 amide bonds. The van der Waals surface area contributed by atoms with Gasteiger partial charge in [0.1, 0.15) is 5.75 Å². The van der Waals surface area contributed by atoms with Crippen molar-refractivity contribution in [2.45, 2.75) is 46.0 Å². The molecule has 0 aliphatic carbocycles. The van der Waals surface area contributed by atoms with Crippen molar-refractivity contribution in [2.24, 2.45) is 0 Å². The summed E-state index contributed by atoms with van der Waals surface area (Å²) in [6.45, 7) is 9.22. The molecule has 0 saturated heterocycles. The molecule has 0 atom stereocenters. The summed E-state index contributed by atoms with van der Waals surface area (Å²) in [5, 5.41) is 8.49. The zero-order valence-electron chi connectivity index (χ0n) is 11.2. The molecule has 17 heavy (non-hydrogen) atoms. The number of nitrogens with zero attached hydrogens (tertiary/aromatic N) is 1. The van der Waals surface area contributed by atoms with E-state index in [0.717, 1.165) is 12.2 Å². The van der Waals surface area contributed by atoms with E-state index in [9.17, 15) is 0 Å². The molecule has 2 nitrogen and oxygen atoms in total. The summed E-state index contributed by atoms with van der Waals surface area (Å²) in [5.74, 6) is 0.954. The lowest BCUT2D eigenvalue weighted by Crippen LogP contribution is -2.14. The molecule has 0 heterocycles. The van der Waals surface area contributed by atoms with Gasteiger partial charge in [0, 0.05) is 6.42 Å². The Labute approximate surface area is 104 Å². The van der Waals surface area contributed by atoms with Crippen molar-refractivity contribution in [3.05, 3.63) is 29.3 Å². The molecule has 0 N–H and O–H groups in total. The van der Waals surface area contributed by atoms with E-state index in [2.05, 4.69) is 52.0 Å². The summed E-state index contributed by atoms with van der Waals surface area (Å²) in [6, 6.07) is 8.45. The molecule has 0 aliphatic rings. The topological polar surface area (TPSA) is 33.0 Å². The fraction of sp³-hybridized carbons (Fsp3) is 0.533. The van der Waals surface area contributed by atoms with Crippen molar-refractivity contribution in [3.63, 3.8) is 0 Å². The van der Waals surface area contributed by atoms with Crippen molar-refractivity contribution in [2.75, 3.05) is 6.61 Å². The van der Waals surface area contributed by atoms with Crippen LogP contribution in [0.4, 0.5) is 0 Å². The highest BCUT2D eigenvalue weighted by atomic mass is 16.5. The smallest absolute Gasteiger partial charge is 0.123 e. The second-order valence-electron chi connectivity index (χ2n) is 5.36. The number of ether oxygens (including phenoxy) is 1. The number of benzene rings is 1. The summed E-state index contributed by atoms with van der Waals surface area (Å²) in [7, 11) is 0. The van der Waals surface area contributed by atoms with E-state index < -0.39 is 0 Å². The number of rotatable bonds is 4. The van der Waals surface area contributed by atoms with Crippen molar-refractivity contribution in [3.8, 4) is 11.8 Å². The van der Waals surface area contributed by atoms with E-state index in [1.807, 2.05) is 0 Å². The third-order valence-electron chi connectivity index (χ3n) is 2.64. The first-order valence-corrected chi connectivity index (χ1v) is 6.06. The maximum atomic E-state index is 8.49. The monoisotopic (exact) mass is 231 g/mol. The normalized spacial score (nSPS) is 11.0. The lowest BCUT2D eigenvalue weighted by molar-refractivity contribution is 0.304. The Morgan fingerprint density at radius 3 is 2.59 bits per heavy atom. The van der Waals surface area contributed by atoms with Gasteiger partial charge in [-0.05, 0) is 36.0 Å². The maximum Gasteiger partial charge on any atom is 0.123 e. The summed E-state index contributed by atoms with van der Waals surface area (Å²) >= 11 is 0. The molecule has 0 spiro atoms. The van der Waals surface area contributed by atoms with Crippen LogP contribution in [0.3, 0.4) is 0 Å². The van der Waals surface area contributed by atoms with E-state index in [0.29, 0.717) is 13.0 Å². The van der Waals surface area contributed by atoms with Gasteiger partial charge in [0.15, 0.2) is 0 Å². The summed E-state index contributed by atoms with van der Waals surface area (Å²) in [4.78, 5) is 0. The van der Waals surface area contributed by atoms with E-state index in [-0.39, 0.29) is 5.41 Å². The zero-order chi connectivity index (χ0) is 12.9. The van der Waals surface area contributed by atoms with Gasteiger partial charge >= 0.3 is 0 Å². The Kier molecular flexibility index (Phi) is 4.57. The van der Waals surface area contributed by atoms with Gasteiger partial charge in [0.25, 0.3) is 0 Å². The lowest BCUT2D eigenvalue weighted by Gasteiger charge is -2.23. The number of hydrogen-bond donors (Lipinski definition) is 0. The summed E-state index contributed by atoms with van der Waals surface area (Å²) in [5.41, 5.74) is 2.51. The average molecular weight is 231 g/mol. The number of unbranched alkanes of at least 4 members (excludes halogenated alkanes) is 1. The van der Waals surface area contributed by atoms with E-state index in [1.54, 1.807) is 0 Å². The molecule has 1 rings (SSSR count). The SMILES string of the molecule is Cc1ccc(C(C)(C)C)c(OCCCC#N)c1. The Morgan fingerprint density at radius 1 is 1.29 bits per heavy atom. The first-order valence-electron chi connectivity index (χ1n) is 6.06. The van der Waals surface area contributed by atoms with Gasteiger partial charge in [-0.15, -0.1) is 0 Å². The van der Waals surface area contributed by atoms with E-state index >= 15 is 0 Å². The predicted molar refractivity (Wildman–Crippen MR) is 70.2 cm³/mol. The molecular formula is C15H21NO. The molecule has 0 fully saturated rings. The number of hydrogen-bond acceptors (Lipinski definition) is 2. The molecule has 1 aromatic carbocycles. The van der Waals surface area contributed by atoms with Crippen LogP contribution in [0.25, 0.3) is 0 Å². The Hall–Kier alpha value is -1.49. The van der Waals surface area contributed by atoms with Gasteiger partial charge in [-0.3, -0.25) is 0 Å². The summed E-state index contributed by atoms with van der Waals surface area (Å²) in [6.07, 6.45) is 1.34. The van der Waals surface area contributed by atoms with Gasteiger partial charge in [-0.1, -0.05) is 32.9 Å². The van der Waals surface area contributed by atoms with Gasteiger partial charge in [0.2, 0.25) is 0 Å². The molecule has 0 aliphatic heterocycles. The molecule has 2 heteroatoms. The van der Waals surface area contributed by atoms with E-state index in [4.69, 9.17) is 10.00 Å². The van der Waals surface area contributed by atoms with Crippen molar-refractivity contribution >= 4 is 0 Å². The zero-order valence-corrected chi connectivity index (χ0v) is 11.2. The second-order valence-corrected chi connectivity index (χ2v) is 5.36. The second kappa shape index (κ2) is 5.72. The molecule has 0 aromatic heterocycles. The van der Waals surface area contributed by atoms with Crippen LogP contribution in [0.1, 0.15) is 44.7 Å². The number of aryl methyl sites for hydroxylation is 1. The highest BCUT2D eigenvalue weighted by Gasteiger charge is 2.18. The van der Waals surface area contributed by atoms with Crippen LogP contribution >= 0.6 is 0 Å². The fourth-order valence-corrected chi connectivity index (χ4v) is 1.70. The van der Waals surface area contributed by atoms with Crippen molar-refractivity contribution in [1.82, 2.24) is 0 Å². The minimum Gasteiger partial charge on any atom is -0.493 e. The first kappa shape index (κ1) is 13.6. The third-order valence-corrected chi connectivity index (χ3v) is 2.64. The average Bonchev–Trinajstić information content (AvgIpc) is 2.23. The first-order chi connectivity index (χ1) is 7.95. The lowest BCUT2D eigenvalue weighted by atomic mass is 9.86. The van der Waals surface area contributed by atoms with Crippen molar-refractivity contribution in [1.29, 1.82) is 5.26 Å². The van der Waals surface area contributed by atoms with Crippen LogP contribution in [-0.4, -0.2) is 6.61 Å². The van der Waals surface area contributed by atoms with Gasteiger partial charge < -0.3 is 4.74 Å². The van der Waals surface area contributed by atoms with Gasteiger partial charge in [-0.25, -0.2) is 0 Å². The maximum absolute atomic E-state index is 8.49. The molecule has 0 saturated carbocycles. The molecule has 0 unspecified atom stereocenters. The standard InChI is InChI=1S/C15H21NO/c1-12-7-8-13(15(2,3)4)14(11-12)17-10-6-5-9-16/h7-8,11H,5-6,10H2,1-4H3. The Bertz CT molecular complexity index is 410. The minimum atomic E-state index is 0.0816. The highest BCUT2D eigenvalue weighted by molar-refractivity contribution is 5.41. The van der Waals surface area contributed by atoms with Crippen LogP contribution in [0.2, 0.25) is 0 Å². The Balaban J connectivity index is 2.82. The minimum absolute atomic E-state index is 0.0816. The van der Waals surface area contributed by atoms with Crippen LogP contribution in [-0.2, 0) is 5.41 Å². The number of nitriles is 1. The summed E-state index contributed by atoms with van der Waals surface area (Å²) < 4.78 is 5.80. The Morgan fingerprint density at radius 2 is 2.00 bits per heavy atom. The van der Waals surface area contributed by atoms with Gasteiger partial charge in [0.05, 0.1) is 12.7 Å². The highest BCUT2D eigenvalue weighted by Crippen LogP contribution is 2.32. The third kappa shape index (κ3) is 4.11. The molecule has 0 radical (unpaired) electrons. The molecular weight excluding hydrogens is 210 g/mol. The predicted octanol–water partition coefficient (Wildman–Crippen LogP) is 3.98. The van der Waals surface area contributed by atoms with Crippen LogP contribution in [0.5, 0.6) is 5.75 Å². The largest absolute Gasteiger partial charge is 0.493 e. The van der Waals surface area contributed by atoms with Gasteiger partial charge in [-0.2, -0.15) is 5.26 Å². The molecule has 1 aromatic rings. The quantitative estimate of drug-likeness (QED) is 0.734. The van der Waals surface area contributed by atoms with Crippen LogP contribution in [0, 0.1) is 18.3 Å². The van der Waals surface area contributed by atoms with Crippen LogP contribution < -0.4 is 4.74 Å². The molecule has 0 bridgehead atoms. The fourth-order valence-electron chi connectivity index (χ4n) is 1.70. The molecule has 92 valence electrons. The van der Waals surface area contributed by atoms with Crippen LogP contribution in [0.15, 0.2) is 18.2 Å². The van der Waals surface area contributed by atoms with Crippen molar-refractivity contribution < 1.29 is 4.74 Å². The van der Waals surface area contributed by atoms with E-state index in [1.165, 1.54) is 11.1 Å².